The summed E-state index contributed by atoms with van der Waals surface area (Å²) in [6.45, 7) is 1.21. The van der Waals surface area contributed by atoms with Crippen molar-refractivity contribution in [1.29, 1.82) is 0 Å². The van der Waals surface area contributed by atoms with Crippen molar-refractivity contribution in [3.05, 3.63) is 52.6 Å². The van der Waals surface area contributed by atoms with E-state index in [4.69, 9.17) is 27.4 Å². The number of rotatable bonds is 8. The van der Waals surface area contributed by atoms with Gasteiger partial charge in [0.15, 0.2) is 12.4 Å². The van der Waals surface area contributed by atoms with Crippen molar-refractivity contribution >= 4 is 34.9 Å². The molecule has 0 radical (unpaired) electrons. The normalized spacial score (nSPS) is 12.4. The number of nitrogens with zero attached hydrogens (tertiary/aromatic N) is 1. The summed E-state index contributed by atoms with van der Waals surface area (Å²) in [5.74, 6) is -2.73. The van der Waals surface area contributed by atoms with Crippen LogP contribution in [0.25, 0.3) is 0 Å². The Kier molecular flexibility index (Phi) is 6.40. The molecular weight excluding hydrogens is 424 g/mol. The van der Waals surface area contributed by atoms with E-state index >= 15 is 0 Å². The molecule has 0 fully saturated rings. The highest BCUT2D eigenvalue weighted by Crippen LogP contribution is 2.34. The van der Waals surface area contributed by atoms with Crippen LogP contribution in [0.3, 0.4) is 0 Å². The zero-order chi connectivity index (χ0) is 22.7. The Labute approximate surface area is 183 Å². The minimum absolute atomic E-state index is 0.0189. The molecule has 3 rings (SSSR count). The number of benzene rings is 2. The van der Waals surface area contributed by atoms with E-state index in [0.717, 1.165) is 12.1 Å². The fourth-order valence-electron chi connectivity index (χ4n) is 3.21. The third kappa shape index (κ3) is 4.75. The maximum atomic E-state index is 12.7. The van der Waals surface area contributed by atoms with Crippen LogP contribution >= 0.6 is 12.2 Å². The number of ketones is 1. The van der Waals surface area contributed by atoms with E-state index in [2.05, 4.69) is 0 Å². The highest BCUT2D eigenvalue weighted by atomic mass is 32.1. The van der Waals surface area contributed by atoms with Crippen molar-refractivity contribution in [1.82, 2.24) is 4.90 Å². The molecule has 0 aliphatic carbocycles. The standard InChI is InChI=1S/C21H20N2O7S/c1-2-29-18(27)10-30-13-6-15(24)19(16(25)7-13)17(26)9-23-8-12-5-11(20(22)31)3-4-14(12)21(23)28/h3-7,24-25H,2,8-10H2,1H3,(H2,22,31). The number of aromatic hydroxyl groups is 2. The van der Waals surface area contributed by atoms with Crippen LogP contribution in [0.1, 0.15) is 38.8 Å². The van der Waals surface area contributed by atoms with E-state index in [1.54, 1.807) is 25.1 Å². The minimum Gasteiger partial charge on any atom is -0.507 e. The summed E-state index contributed by atoms with van der Waals surface area (Å²) >= 11 is 4.94. The van der Waals surface area contributed by atoms with Gasteiger partial charge in [0, 0.05) is 29.8 Å². The average molecular weight is 444 g/mol. The van der Waals surface area contributed by atoms with Crippen molar-refractivity contribution in [2.75, 3.05) is 19.8 Å². The Morgan fingerprint density at radius 2 is 1.87 bits per heavy atom. The zero-order valence-electron chi connectivity index (χ0n) is 16.6. The Morgan fingerprint density at radius 3 is 2.48 bits per heavy atom. The van der Waals surface area contributed by atoms with E-state index in [1.165, 1.54) is 4.90 Å². The molecule has 1 aliphatic rings. The van der Waals surface area contributed by atoms with Crippen LogP contribution < -0.4 is 10.5 Å². The third-order valence-electron chi connectivity index (χ3n) is 4.61. The predicted octanol–water partition coefficient (Wildman–Crippen LogP) is 1.51. The second kappa shape index (κ2) is 9.00. The average Bonchev–Trinajstić information content (AvgIpc) is 3.01. The van der Waals surface area contributed by atoms with Gasteiger partial charge in [0.25, 0.3) is 5.91 Å². The molecule has 1 amide bonds. The topological polar surface area (TPSA) is 139 Å². The lowest BCUT2D eigenvalue weighted by Crippen LogP contribution is -2.30. The van der Waals surface area contributed by atoms with E-state index in [1.807, 2.05) is 0 Å². The maximum absolute atomic E-state index is 12.7. The fourth-order valence-corrected chi connectivity index (χ4v) is 3.34. The molecule has 162 valence electrons. The number of hydrogen-bond donors (Lipinski definition) is 3. The van der Waals surface area contributed by atoms with E-state index < -0.39 is 29.9 Å². The van der Waals surface area contributed by atoms with Crippen molar-refractivity contribution in [2.24, 2.45) is 5.73 Å². The quantitative estimate of drug-likeness (QED) is 0.314. The molecule has 2 aromatic carbocycles. The summed E-state index contributed by atoms with van der Waals surface area (Å²) in [5, 5.41) is 20.4. The highest BCUT2D eigenvalue weighted by Gasteiger charge is 2.31. The van der Waals surface area contributed by atoms with Gasteiger partial charge in [0.1, 0.15) is 27.8 Å². The smallest absolute Gasteiger partial charge is 0.344 e. The molecule has 9 nitrogen and oxygen atoms in total. The molecule has 1 aliphatic heterocycles. The van der Waals surface area contributed by atoms with E-state index in [0.29, 0.717) is 16.7 Å². The first kappa shape index (κ1) is 22.0. The summed E-state index contributed by atoms with van der Waals surface area (Å²) in [5.41, 5.74) is 7.00. The molecule has 0 aromatic heterocycles. The summed E-state index contributed by atoms with van der Waals surface area (Å²) < 4.78 is 9.87. The second-order valence-corrected chi connectivity index (χ2v) is 7.19. The first-order chi connectivity index (χ1) is 14.7. The van der Waals surface area contributed by atoms with Gasteiger partial charge < -0.3 is 30.3 Å². The maximum Gasteiger partial charge on any atom is 0.344 e. The number of ether oxygens (including phenoxy) is 2. The van der Waals surface area contributed by atoms with E-state index in [-0.39, 0.29) is 41.9 Å². The van der Waals surface area contributed by atoms with Gasteiger partial charge in [-0.2, -0.15) is 0 Å². The van der Waals surface area contributed by atoms with Crippen LogP contribution in [0, 0.1) is 0 Å². The minimum atomic E-state index is -0.664. The summed E-state index contributed by atoms with van der Waals surface area (Å²) in [7, 11) is 0. The van der Waals surface area contributed by atoms with Gasteiger partial charge in [-0.3, -0.25) is 9.59 Å². The first-order valence-corrected chi connectivity index (χ1v) is 9.71. The number of phenolic OH excluding ortho intramolecular Hbond substituents is 2. The first-order valence-electron chi connectivity index (χ1n) is 9.30. The molecule has 0 spiro atoms. The molecule has 0 bridgehead atoms. The fraction of sp³-hybridized carbons (Fsp3) is 0.238. The number of hydrogen-bond acceptors (Lipinski definition) is 8. The number of fused-ring (bicyclic) bond motifs is 1. The van der Waals surface area contributed by atoms with Crippen LogP contribution in [-0.4, -0.2) is 57.5 Å². The van der Waals surface area contributed by atoms with Crippen molar-refractivity contribution in [3.8, 4) is 17.2 Å². The number of amides is 1. The lowest BCUT2D eigenvalue weighted by Gasteiger charge is -2.16. The Morgan fingerprint density at radius 1 is 1.19 bits per heavy atom. The molecule has 2 aromatic rings. The van der Waals surface area contributed by atoms with Crippen LogP contribution in [-0.2, 0) is 16.1 Å². The lowest BCUT2D eigenvalue weighted by molar-refractivity contribution is -0.145. The number of Topliss-reactive ketones (excluding diaryl/α,β-unsaturated/α-hetero) is 1. The number of carbonyl (C=O) groups is 3. The molecule has 1 heterocycles. The number of esters is 1. The van der Waals surface area contributed by atoms with Gasteiger partial charge in [-0.15, -0.1) is 0 Å². The van der Waals surface area contributed by atoms with Crippen LogP contribution in [0.15, 0.2) is 30.3 Å². The number of nitrogens with two attached hydrogens (primary N) is 1. The molecule has 4 N–H and O–H groups in total. The Hall–Kier alpha value is -3.66. The summed E-state index contributed by atoms with van der Waals surface area (Å²) in [6, 6.07) is 7.13. The van der Waals surface area contributed by atoms with Gasteiger partial charge in [-0.25, -0.2) is 4.79 Å². The van der Waals surface area contributed by atoms with Gasteiger partial charge in [-0.05, 0) is 24.6 Å². The molecule has 0 unspecified atom stereocenters. The predicted molar refractivity (Wildman–Crippen MR) is 113 cm³/mol. The molecule has 0 saturated carbocycles. The second-order valence-electron chi connectivity index (χ2n) is 6.75. The zero-order valence-corrected chi connectivity index (χ0v) is 17.4. The summed E-state index contributed by atoms with van der Waals surface area (Å²) in [4.78, 5) is 38.1. The molecule has 0 saturated heterocycles. The lowest BCUT2D eigenvalue weighted by atomic mass is 10.1. The van der Waals surface area contributed by atoms with Crippen LogP contribution in [0.5, 0.6) is 17.2 Å². The van der Waals surface area contributed by atoms with Gasteiger partial charge >= 0.3 is 5.97 Å². The number of carbonyl (C=O) groups excluding carboxylic acids is 3. The molecule has 31 heavy (non-hydrogen) atoms. The van der Waals surface area contributed by atoms with Gasteiger partial charge in [0.05, 0.1) is 13.2 Å². The largest absolute Gasteiger partial charge is 0.507 e. The van der Waals surface area contributed by atoms with Crippen LogP contribution in [0.4, 0.5) is 0 Å². The molecule has 10 heteroatoms. The SMILES string of the molecule is CCOC(=O)COc1cc(O)c(C(=O)CN2Cc3cc(C(N)=S)ccc3C2=O)c(O)c1. The number of phenols is 2. The third-order valence-corrected chi connectivity index (χ3v) is 4.85. The monoisotopic (exact) mass is 444 g/mol. The Bertz CT molecular complexity index is 1060. The molecular formula is C21H20N2O7S. The van der Waals surface area contributed by atoms with Crippen molar-refractivity contribution in [2.45, 2.75) is 13.5 Å². The number of thiocarbonyl (C=S) groups is 1. The molecule has 0 atom stereocenters. The Balaban J connectivity index is 1.72. The van der Waals surface area contributed by atoms with E-state index in [9.17, 15) is 24.6 Å². The van der Waals surface area contributed by atoms with Crippen molar-refractivity contribution < 1.29 is 34.1 Å². The van der Waals surface area contributed by atoms with Gasteiger partial charge in [-0.1, -0.05) is 18.3 Å². The van der Waals surface area contributed by atoms with Crippen molar-refractivity contribution in [3.63, 3.8) is 0 Å². The highest BCUT2D eigenvalue weighted by molar-refractivity contribution is 7.80. The van der Waals surface area contributed by atoms with Gasteiger partial charge in [0.2, 0.25) is 0 Å². The summed E-state index contributed by atoms with van der Waals surface area (Å²) in [6.07, 6.45) is 0. The van der Waals surface area contributed by atoms with Crippen LogP contribution in [0.2, 0.25) is 0 Å².